The Morgan fingerprint density at radius 1 is 1.06 bits per heavy atom. The summed E-state index contributed by atoms with van der Waals surface area (Å²) in [6, 6.07) is 20.5. The minimum absolute atomic E-state index is 0.108. The van der Waals surface area contributed by atoms with E-state index in [1.165, 1.54) is 5.56 Å². The molecule has 32 heavy (non-hydrogen) atoms. The number of nitrogens with one attached hydrogen (secondary N) is 1. The number of guanidine groups is 1. The summed E-state index contributed by atoms with van der Waals surface area (Å²) in [5, 5.41) is 3.65. The molecule has 8 heteroatoms. The largest absolute Gasteiger partial charge is 0.497 e. The summed E-state index contributed by atoms with van der Waals surface area (Å²) >= 11 is 0. The molecule has 0 aliphatic carbocycles. The fraction of sp³-hybridized carbons (Fsp3) is 0.208. The zero-order valence-electron chi connectivity index (χ0n) is 17.7. The number of hydrogen-bond donors (Lipinski definition) is 1. The van der Waals surface area contributed by atoms with Crippen LogP contribution < -0.4 is 15.0 Å². The van der Waals surface area contributed by atoms with Gasteiger partial charge in [0.1, 0.15) is 11.9 Å². The molecule has 6 rings (SSSR count). The number of pyridine rings is 1. The van der Waals surface area contributed by atoms with Crippen molar-refractivity contribution in [2.45, 2.75) is 12.7 Å². The molecule has 0 fully saturated rings. The van der Waals surface area contributed by atoms with Gasteiger partial charge in [-0.25, -0.2) is 9.98 Å². The van der Waals surface area contributed by atoms with E-state index >= 15 is 0 Å². The van der Waals surface area contributed by atoms with Crippen LogP contribution in [0, 0.1) is 0 Å². The van der Waals surface area contributed by atoms with Gasteiger partial charge in [0.15, 0.2) is 0 Å². The number of nitrogens with zero attached hydrogens (tertiary/aromatic N) is 6. The van der Waals surface area contributed by atoms with Gasteiger partial charge in [-0.15, -0.1) is 0 Å². The van der Waals surface area contributed by atoms with Gasteiger partial charge < -0.3 is 10.1 Å². The molecule has 0 amide bonds. The van der Waals surface area contributed by atoms with Crippen LogP contribution in [0.15, 0.2) is 78.0 Å². The van der Waals surface area contributed by atoms with Gasteiger partial charge in [0.05, 0.1) is 31.5 Å². The highest BCUT2D eigenvalue weighted by atomic mass is 16.5. The van der Waals surface area contributed by atoms with Crippen molar-refractivity contribution in [3.8, 4) is 5.75 Å². The number of aliphatic imine (C=N–C) groups is 1. The standard InChI is InChI=1S/C24H23N7O/c1-32-19-10-8-18(9-11-19)22-28-23-26-15-29(14-17-5-4-12-25-13-17)16-30(23)24-27-20-6-2-3-7-21(20)31(22)24/h2-13,22H,14-16H2,1H3,(H,26,28)/t22-/m1/s1. The molecule has 1 atom stereocenters. The number of hydrogen-bond acceptors (Lipinski definition) is 7. The summed E-state index contributed by atoms with van der Waals surface area (Å²) in [5.74, 6) is 2.57. The quantitative estimate of drug-likeness (QED) is 0.542. The monoisotopic (exact) mass is 425 g/mol. The molecule has 0 spiro atoms. The minimum atomic E-state index is -0.108. The second-order valence-electron chi connectivity index (χ2n) is 7.97. The summed E-state index contributed by atoms with van der Waals surface area (Å²) in [7, 11) is 1.68. The Balaban J connectivity index is 1.41. The van der Waals surface area contributed by atoms with Crippen LogP contribution in [0.3, 0.4) is 0 Å². The van der Waals surface area contributed by atoms with E-state index in [0.717, 1.165) is 40.8 Å². The number of ether oxygens (including phenoxy) is 1. The maximum Gasteiger partial charge on any atom is 0.216 e. The maximum atomic E-state index is 5.35. The van der Waals surface area contributed by atoms with E-state index in [9.17, 15) is 0 Å². The molecule has 2 aromatic heterocycles. The van der Waals surface area contributed by atoms with Gasteiger partial charge in [-0.3, -0.25) is 19.4 Å². The predicted molar refractivity (Wildman–Crippen MR) is 123 cm³/mol. The van der Waals surface area contributed by atoms with Crippen LogP contribution in [0.2, 0.25) is 0 Å². The van der Waals surface area contributed by atoms with Gasteiger partial charge in [0.2, 0.25) is 11.9 Å². The Morgan fingerprint density at radius 3 is 2.75 bits per heavy atom. The Hall–Kier alpha value is -3.91. The molecule has 0 saturated carbocycles. The van der Waals surface area contributed by atoms with Crippen molar-refractivity contribution in [3.63, 3.8) is 0 Å². The van der Waals surface area contributed by atoms with E-state index in [-0.39, 0.29) is 6.17 Å². The highest BCUT2D eigenvalue weighted by molar-refractivity contribution is 5.98. The summed E-state index contributed by atoms with van der Waals surface area (Å²) in [5.41, 5.74) is 4.34. The molecule has 4 heterocycles. The molecule has 0 bridgehead atoms. The molecule has 0 saturated heterocycles. The fourth-order valence-electron chi connectivity index (χ4n) is 4.38. The molecule has 2 aromatic carbocycles. The van der Waals surface area contributed by atoms with Crippen LogP contribution in [0.1, 0.15) is 17.3 Å². The number of benzene rings is 2. The summed E-state index contributed by atoms with van der Waals surface area (Å²) in [4.78, 5) is 18.5. The fourth-order valence-corrected chi connectivity index (χ4v) is 4.38. The highest BCUT2D eigenvalue weighted by Crippen LogP contribution is 2.34. The first kappa shape index (κ1) is 18.8. The molecular weight excluding hydrogens is 402 g/mol. The number of rotatable bonds is 4. The molecule has 160 valence electrons. The second-order valence-corrected chi connectivity index (χ2v) is 7.97. The van der Waals surface area contributed by atoms with Gasteiger partial charge in [0.25, 0.3) is 0 Å². The second kappa shape index (κ2) is 7.65. The first-order valence-electron chi connectivity index (χ1n) is 10.6. The van der Waals surface area contributed by atoms with Crippen LogP contribution >= 0.6 is 0 Å². The zero-order valence-corrected chi connectivity index (χ0v) is 17.7. The topological polar surface area (TPSA) is 70.8 Å². The minimum Gasteiger partial charge on any atom is -0.497 e. The van der Waals surface area contributed by atoms with Gasteiger partial charge in [-0.05, 0) is 41.5 Å². The first-order valence-corrected chi connectivity index (χ1v) is 10.6. The van der Waals surface area contributed by atoms with E-state index in [1.54, 1.807) is 13.3 Å². The molecule has 2 aliphatic heterocycles. The lowest BCUT2D eigenvalue weighted by atomic mass is 10.1. The van der Waals surface area contributed by atoms with Crippen molar-refractivity contribution >= 4 is 22.9 Å². The third kappa shape index (κ3) is 3.16. The number of imidazole rings is 1. The summed E-state index contributed by atoms with van der Waals surface area (Å²) in [6.07, 6.45) is 3.60. The van der Waals surface area contributed by atoms with Crippen LogP contribution in [0.25, 0.3) is 11.0 Å². The third-order valence-electron chi connectivity index (χ3n) is 5.92. The summed E-state index contributed by atoms with van der Waals surface area (Å²) in [6.45, 7) is 2.09. The van der Waals surface area contributed by atoms with Gasteiger partial charge >= 0.3 is 0 Å². The van der Waals surface area contributed by atoms with E-state index in [2.05, 4.69) is 61.1 Å². The van der Waals surface area contributed by atoms with Gasteiger partial charge in [-0.1, -0.05) is 30.3 Å². The molecule has 4 aromatic rings. The summed E-state index contributed by atoms with van der Waals surface area (Å²) < 4.78 is 7.60. The van der Waals surface area contributed by atoms with Crippen molar-refractivity contribution in [1.82, 2.24) is 24.8 Å². The number of methoxy groups -OCH3 is 1. The zero-order chi connectivity index (χ0) is 21.5. The van der Waals surface area contributed by atoms with Crippen LogP contribution in [-0.4, -0.2) is 45.8 Å². The third-order valence-corrected chi connectivity index (χ3v) is 5.92. The van der Waals surface area contributed by atoms with Crippen molar-refractivity contribution in [2.75, 3.05) is 25.3 Å². The van der Waals surface area contributed by atoms with E-state index in [4.69, 9.17) is 14.7 Å². The van der Waals surface area contributed by atoms with Gasteiger partial charge in [-0.2, -0.15) is 0 Å². The molecule has 8 nitrogen and oxygen atoms in total. The molecule has 0 unspecified atom stereocenters. The smallest absolute Gasteiger partial charge is 0.216 e. The number of para-hydroxylation sites is 2. The van der Waals surface area contributed by atoms with Crippen LogP contribution in [0.5, 0.6) is 5.75 Å². The Morgan fingerprint density at radius 2 is 1.94 bits per heavy atom. The van der Waals surface area contributed by atoms with E-state index < -0.39 is 0 Å². The van der Waals surface area contributed by atoms with Crippen LogP contribution in [-0.2, 0) is 6.54 Å². The number of aromatic nitrogens is 3. The van der Waals surface area contributed by atoms with Crippen molar-refractivity contribution in [1.29, 1.82) is 0 Å². The van der Waals surface area contributed by atoms with Crippen molar-refractivity contribution < 1.29 is 4.74 Å². The normalized spacial score (nSPS) is 18.0. The number of fused-ring (bicyclic) bond motifs is 5. The molecule has 2 aliphatic rings. The first-order chi connectivity index (χ1) is 15.8. The Labute approximate surface area is 185 Å². The SMILES string of the molecule is COc1ccc([C@@H]2NC3=NCN(Cc4cccnc4)CN3c3nc4ccccc4n32)cc1. The Kier molecular flexibility index (Phi) is 4.50. The van der Waals surface area contributed by atoms with Crippen molar-refractivity contribution in [2.24, 2.45) is 4.99 Å². The number of anilines is 1. The Bertz CT molecular complexity index is 1280. The lowest BCUT2D eigenvalue weighted by Crippen LogP contribution is -2.57. The molecular formula is C24H23N7O. The lowest BCUT2D eigenvalue weighted by molar-refractivity contribution is 0.263. The highest BCUT2D eigenvalue weighted by Gasteiger charge is 2.35. The lowest BCUT2D eigenvalue weighted by Gasteiger charge is -2.41. The van der Waals surface area contributed by atoms with Gasteiger partial charge in [0, 0.05) is 18.9 Å². The molecule has 1 N–H and O–H groups in total. The van der Waals surface area contributed by atoms with E-state index in [1.807, 2.05) is 30.5 Å². The average Bonchev–Trinajstić information content (AvgIpc) is 3.24. The average molecular weight is 425 g/mol. The maximum absolute atomic E-state index is 5.35. The predicted octanol–water partition coefficient (Wildman–Crippen LogP) is 3.18. The van der Waals surface area contributed by atoms with Crippen molar-refractivity contribution in [3.05, 3.63) is 84.2 Å². The van der Waals surface area contributed by atoms with E-state index in [0.29, 0.717) is 13.3 Å². The molecule has 0 radical (unpaired) electrons. The van der Waals surface area contributed by atoms with Crippen LogP contribution in [0.4, 0.5) is 5.95 Å².